The van der Waals surface area contributed by atoms with Crippen molar-refractivity contribution < 1.29 is 27.5 Å². The lowest BCUT2D eigenvalue weighted by Crippen LogP contribution is -2.52. The van der Waals surface area contributed by atoms with Crippen LogP contribution in [0.5, 0.6) is 11.5 Å². The molecule has 0 saturated heterocycles. The van der Waals surface area contributed by atoms with Crippen molar-refractivity contribution in [1.29, 1.82) is 0 Å². The molecule has 0 unspecified atom stereocenters. The van der Waals surface area contributed by atoms with Gasteiger partial charge in [0.15, 0.2) is 11.5 Å². The van der Waals surface area contributed by atoms with Gasteiger partial charge >= 0.3 is 0 Å². The molecule has 0 bridgehead atoms. The molecule has 0 radical (unpaired) electrons. The number of rotatable bonds is 13. The van der Waals surface area contributed by atoms with E-state index in [9.17, 15) is 18.0 Å². The van der Waals surface area contributed by atoms with E-state index < -0.39 is 28.5 Å². The number of amides is 2. The first-order valence-electron chi connectivity index (χ1n) is 13.9. The number of benzene rings is 3. The van der Waals surface area contributed by atoms with E-state index in [0.717, 1.165) is 27.4 Å². The van der Waals surface area contributed by atoms with E-state index in [1.165, 1.54) is 37.3 Å². The van der Waals surface area contributed by atoms with Gasteiger partial charge in [0, 0.05) is 18.7 Å². The summed E-state index contributed by atoms with van der Waals surface area (Å²) in [4.78, 5) is 28.7. The maximum absolute atomic E-state index is 14.1. The SMILES string of the molecule is CC[C@@H](C)NC(=O)[C@@H](C)N(Cc1ccc(C)cc1)C(=O)CN(c1ccc(OC)c(OC)c1)S(=O)(=O)c1ccc(C)cc1. The number of anilines is 1. The third-order valence-corrected chi connectivity index (χ3v) is 8.97. The molecule has 0 spiro atoms. The number of carbonyl (C=O) groups excluding carboxylic acids is 2. The highest BCUT2D eigenvalue weighted by molar-refractivity contribution is 7.92. The lowest BCUT2D eigenvalue weighted by Gasteiger charge is -2.32. The summed E-state index contributed by atoms with van der Waals surface area (Å²) in [5, 5.41) is 2.94. The van der Waals surface area contributed by atoms with Gasteiger partial charge in [0.05, 0.1) is 24.8 Å². The van der Waals surface area contributed by atoms with Gasteiger partial charge < -0.3 is 19.7 Å². The Morgan fingerprint density at radius 3 is 1.98 bits per heavy atom. The van der Waals surface area contributed by atoms with Crippen LogP contribution in [-0.4, -0.2) is 58.0 Å². The van der Waals surface area contributed by atoms with E-state index in [-0.39, 0.29) is 29.1 Å². The molecule has 0 saturated carbocycles. The minimum absolute atomic E-state index is 0.0309. The smallest absolute Gasteiger partial charge is 0.264 e. The molecule has 10 heteroatoms. The average Bonchev–Trinajstić information content (AvgIpc) is 2.98. The fourth-order valence-corrected chi connectivity index (χ4v) is 5.69. The number of methoxy groups -OCH3 is 2. The first-order valence-corrected chi connectivity index (χ1v) is 15.3. The molecular formula is C32H41N3O6S. The van der Waals surface area contributed by atoms with Crippen LogP contribution in [0.1, 0.15) is 43.9 Å². The van der Waals surface area contributed by atoms with Crippen LogP contribution in [0.4, 0.5) is 5.69 Å². The number of ether oxygens (including phenoxy) is 2. The fraction of sp³-hybridized carbons (Fsp3) is 0.375. The van der Waals surface area contributed by atoms with Crippen molar-refractivity contribution in [1.82, 2.24) is 10.2 Å². The molecule has 3 rings (SSSR count). The molecular weight excluding hydrogens is 554 g/mol. The zero-order chi connectivity index (χ0) is 31.0. The Bertz CT molecular complexity index is 1470. The molecule has 1 N–H and O–H groups in total. The van der Waals surface area contributed by atoms with E-state index in [2.05, 4.69) is 5.32 Å². The Balaban J connectivity index is 2.08. The van der Waals surface area contributed by atoms with Gasteiger partial charge in [-0.05, 0) is 63.9 Å². The highest BCUT2D eigenvalue weighted by Gasteiger charge is 2.33. The third-order valence-electron chi connectivity index (χ3n) is 7.18. The quantitative estimate of drug-likeness (QED) is 0.303. The Hall–Kier alpha value is -4.05. The predicted octanol–water partition coefficient (Wildman–Crippen LogP) is 4.85. The highest BCUT2D eigenvalue weighted by atomic mass is 32.2. The zero-order valence-corrected chi connectivity index (χ0v) is 26.2. The van der Waals surface area contributed by atoms with Crippen LogP contribution in [0.3, 0.4) is 0 Å². The summed E-state index contributed by atoms with van der Waals surface area (Å²) in [6.07, 6.45) is 0.728. The van der Waals surface area contributed by atoms with Crippen molar-refractivity contribution in [2.45, 2.75) is 64.6 Å². The lowest BCUT2D eigenvalue weighted by molar-refractivity contribution is -0.139. The van der Waals surface area contributed by atoms with Crippen LogP contribution in [0, 0.1) is 13.8 Å². The van der Waals surface area contributed by atoms with Crippen LogP contribution >= 0.6 is 0 Å². The van der Waals surface area contributed by atoms with E-state index >= 15 is 0 Å². The van der Waals surface area contributed by atoms with Crippen LogP contribution in [0.25, 0.3) is 0 Å². The molecule has 2 amide bonds. The summed E-state index contributed by atoms with van der Waals surface area (Å²) >= 11 is 0. The number of hydrogen-bond acceptors (Lipinski definition) is 6. The molecule has 42 heavy (non-hydrogen) atoms. The van der Waals surface area contributed by atoms with Crippen LogP contribution in [0.15, 0.2) is 71.6 Å². The molecule has 0 aliphatic heterocycles. The average molecular weight is 596 g/mol. The van der Waals surface area contributed by atoms with Crippen molar-refractivity contribution in [2.24, 2.45) is 0 Å². The van der Waals surface area contributed by atoms with Crippen LogP contribution in [0.2, 0.25) is 0 Å². The second-order valence-corrected chi connectivity index (χ2v) is 12.2. The Morgan fingerprint density at radius 1 is 0.857 bits per heavy atom. The molecule has 0 fully saturated rings. The Kier molecular flexibility index (Phi) is 11.0. The molecule has 0 aromatic heterocycles. The number of carbonyl (C=O) groups is 2. The molecule has 3 aromatic rings. The zero-order valence-electron chi connectivity index (χ0n) is 25.4. The molecule has 0 heterocycles. The van der Waals surface area contributed by atoms with E-state index in [0.29, 0.717) is 11.5 Å². The number of aryl methyl sites for hydroxylation is 2. The fourth-order valence-electron chi connectivity index (χ4n) is 4.28. The van der Waals surface area contributed by atoms with E-state index in [1.807, 2.05) is 52.0 Å². The summed E-state index contributed by atoms with van der Waals surface area (Å²) in [5.74, 6) is -0.127. The monoisotopic (exact) mass is 595 g/mol. The number of nitrogens with one attached hydrogen (secondary N) is 1. The summed E-state index contributed by atoms with van der Waals surface area (Å²) in [6.45, 7) is 8.91. The lowest BCUT2D eigenvalue weighted by atomic mass is 10.1. The first kappa shape index (κ1) is 32.5. The summed E-state index contributed by atoms with van der Waals surface area (Å²) in [6, 6.07) is 17.8. The number of hydrogen-bond donors (Lipinski definition) is 1. The Labute approximate surface area is 249 Å². The molecule has 0 aliphatic carbocycles. The maximum Gasteiger partial charge on any atom is 0.264 e. The van der Waals surface area contributed by atoms with Crippen molar-refractivity contribution in [3.05, 3.63) is 83.4 Å². The second kappa shape index (κ2) is 14.2. The van der Waals surface area contributed by atoms with Crippen molar-refractivity contribution >= 4 is 27.5 Å². The predicted molar refractivity (Wildman–Crippen MR) is 164 cm³/mol. The van der Waals surface area contributed by atoms with Gasteiger partial charge in [-0.25, -0.2) is 8.42 Å². The highest BCUT2D eigenvalue weighted by Crippen LogP contribution is 2.34. The largest absolute Gasteiger partial charge is 0.493 e. The second-order valence-electron chi connectivity index (χ2n) is 10.4. The first-order chi connectivity index (χ1) is 19.9. The molecule has 3 aromatic carbocycles. The van der Waals surface area contributed by atoms with Crippen molar-refractivity contribution in [3.63, 3.8) is 0 Å². The molecule has 226 valence electrons. The summed E-state index contributed by atoms with van der Waals surface area (Å²) < 4.78 is 39.9. The van der Waals surface area contributed by atoms with Gasteiger partial charge in [0.2, 0.25) is 11.8 Å². The summed E-state index contributed by atoms with van der Waals surface area (Å²) in [7, 11) is -1.27. The normalized spacial score (nSPS) is 12.6. The van der Waals surface area contributed by atoms with Gasteiger partial charge in [0.1, 0.15) is 12.6 Å². The van der Waals surface area contributed by atoms with Gasteiger partial charge in [-0.2, -0.15) is 0 Å². The van der Waals surface area contributed by atoms with Gasteiger partial charge in [0.25, 0.3) is 10.0 Å². The Morgan fingerprint density at radius 2 is 1.43 bits per heavy atom. The minimum atomic E-state index is -4.20. The van der Waals surface area contributed by atoms with Crippen molar-refractivity contribution in [3.8, 4) is 11.5 Å². The van der Waals surface area contributed by atoms with E-state index in [1.54, 1.807) is 31.2 Å². The number of nitrogens with zero attached hydrogens (tertiary/aromatic N) is 2. The summed E-state index contributed by atoms with van der Waals surface area (Å²) in [5.41, 5.74) is 2.99. The number of sulfonamides is 1. The van der Waals surface area contributed by atoms with Gasteiger partial charge in [-0.1, -0.05) is 54.4 Å². The molecule has 9 nitrogen and oxygen atoms in total. The molecule has 0 aliphatic rings. The maximum atomic E-state index is 14.1. The van der Waals surface area contributed by atoms with Gasteiger partial charge in [-0.15, -0.1) is 0 Å². The standard InChI is InChI=1S/C32H41N3O6S/c1-8-24(4)33-32(37)25(5)34(20-26-13-9-22(2)10-14-26)31(36)21-35(27-15-18-29(40-6)30(19-27)41-7)42(38,39)28-16-11-23(3)12-17-28/h9-19,24-25H,8,20-21H2,1-7H3,(H,33,37)/t24-,25-/m1/s1. The van der Waals surface area contributed by atoms with Crippen LogP contribution in [-0.2, 0) is 26.2 Å². The minimum Gasteiger partial charge on any atom is -0.493 e. The van der Waals surface area contributed by atoms with Crippen LogP contribution < -0.4 is 19.1 Å². The third kappa shape index (κ3) is 7.82. The van der Waals surface area contributed by atoms with E-state index in [4.69, 9.17) is 9.47 Å². The molecule has 2 atom stereocenters. The van der Waals surface area contributed by atoms with Crippen molar-refractivity contribution in [2.75, 3.05) is 25.1 Å². The van der Waals surface area contributed by atoms with Gasteiger partial charge in [-0.3, -0.25) is 13.9 Å². The topological polar surface area (TPSA) is 105 Å².